The zero-order chi connectivity index (χ0) is 16.2. The van der Waals surface area contributed by atoms with Gasteiger partial charge >= 0.3 is 0 Å². The van der Waals surface area contributed by atoms with E-state index < -0.39 is 0 Å². The summed E-state index contributed by atoms with van der Waals surface area (Å²) >= 11 is 2.84. The monoisotopic (exact) mass is 345 g/mol. The normalized spacial score (nSPS) is 14.8. The van der Waals surface area contributed by atoms with Gasteiger partial charge in [0.15, 0.2) is 4.34 Å². The Morgan fingerprint density at radius 1 is 1.48 bits per heavy atom. The SMILES string of the molecule is C[C@H](Sc1nnc(NC2CC2)s1)C(=O)Nc1cccc(C#N)c1. The van der Waals surface area contributed by atoms with Gasteiger partial charge in [-0.05, 0) is 38.0 Å². The molecule has 2 N–H and O–H groups in total. The van der Waals surface area contributed by atoms with Crippen molar-refractivity contribution in [2.45, 2.75) is 35.4 Å². The van der Waals surface area contributed by atoms with Crippen molar-refractivity contribution in [3.8, 4) is 6.07 Å². The zero-order valence-electron chi connectivity index (χ0n) is 12.4. The van der Waals surface area contributed by atoms with Gasteiger partial charge in [-0.25, -0.2) is 0 Å². The summed E-state index contributed by atoms with van der Waals surface area (Å²) < 4.78 is 0.765. The highest BCUT2D eigenvalue weighted by Gasteiger charge is 2.23. The Labute approximate surface area is 142 Å². The third-order valence-corrected chi connectivity index (χ3v) is 5.26. The lowest BCUT2D eigenvalue weighted by atomic mass is 10.2. The summed E-state index contributed by atoms with van der Waals surface area (Å²) in [5, 5.41) is 23.7. The lowest BCUT2D eigenvalue weighted by Crippen LogP contribution is -2.22. The van der Waals surface area contributed by atoms with E-state index in [1.165, 1.54) is 35.9 Å². The van der Waals surface area contributed by atoms with Crippen molar-refractivity contribution in [2.24, 2.45) is 0 Å². The maximum Gasteiger partial charge on any atom is 0.237 e. The topological polar surface area (TPSA) is 90.7 Å². The average Bonchev–Trinajstić information content (AvgIpc) is 3.25. The molecular formula is C15H15N5OS2. The van der Waals surface area contributed by atoms with Crippen LogP contribution in [0.2, 0.25) is 0 Å². The molecule has 8 heteroatoms. The highest BCUT2D eigenvalue weighted by molar-refractivity contribution is 8.02. The summed E-state index contributed by atoms with van der Waals surface area (Å²) in [6.07, 6.45) is 2.37. The number of benzene rings is 1. The van der Waals surface area contributed by atoms with Crippen molar-refractivity contribution in [3.05, 3.63) is 29.8 Å². The molecule has 2 aromatic rings. The van der Waals surface area contributed by atoms with Crippen molar-refractivity contribution in [3.63, 3.8) is 0 Å². The van der Waals surface area contributed by atoms with Crippen molar-refractivity contribution < 1.29 is 4.79 Å². The van der Waals surface area contributed by atoms with Gasteiger partial charge in [0.1, 0.15) is 0 Å². The molecule has 1 aromatic heterocycles. The van der Waals surface area contributed by atoms with E-state index in [9.17, 15) is 4.79 Å². The fraction of sp³-hybridized carbons (Fsp3) is 0.333. The van der Waals surface area contributed by atoms with Crippen molar-refractivity contribution in [1.82, 2.24) is 10.2 Å². The molecule has 1 atom stereocenters. The number of thioether (sulfide) groups is 1. The first-order valence-corrected chi connectivity index (χ1v) is 8.91. The Balaban J connectivity index is 1.56. The number of hydrogen-bond acceptors (Lipinski definition) is 7. The van der Waals surface area contributed by atoms with E-state index in [-0.39, 0.29) is 11.2 Å². The first-order chi connectivity index (χ1) is 11.1. The smallest absolute Gasteiger partial charge is 0.237 e. The molecule has 6 nitrogen and oxygen atoms in total. The number of nitriles is 1. The Bertz CT molecular complexity index is 750. The minimum Gasteiger partial charge on any atom is -0.357 e. The summed E-state index contributed by atoms with van der Waals surface area (Å²) in [7, 11) is 0. The van der Waals surface area contributed by atoms with Crippen molar-refractivity contribution >= 4 is 39.8 Å². The number of anilines is 2. The molecule has 1 heterocycles. The van der Waals surface area contributed by atoms with Crippen LogP contribution in [0, 0.1) is 11.3 Å². The van der Waals surface area contributed by atoms with E-state index in [1.54, 1.807) is 24.3 Å². The average molecular weight is 345 g/mol. The van der Waals surface area contributed by atoms with Crippen LogP contribution in [-0.4, -0.2) is 27.4 Å². The van der Waals surface area contributed by atoms with Gasteiger partial charge < -0.3 is 10.6 Å². The Kier molecular flexibility index (Phi) is 4.79. The molecule has 0 saturated heterocycles. The molecule has 3 rings (SSSR count). The third-order valence-electron chi connectivity index (χ3n) is 3.22. The van der Waals surface area contributed by atoms with Gasteiger partial charge in [0.25, 0.3) is 0 Å². The molecule has 1 aromatic carbocycles. The summed E-state index contributed by atoms with van der Waals surface area (Å²) in [5.74, 6) is -0.128. The van der Waals surface area contributed by atoms with E-state index in [0.29, 0.717) is 17.3 Å². The molecule has 0 radical (unpaired) electrons. The number of nitrogens with zero attached hydrogens (tertiary/aromatic N) is 3. The number of rotatable bonds is 6. The molecule has 1 fully saturated rings. The van der Waals surface area contributed by atoms with Crippen LogP contribution in [0.15, 0.2) is 28.6 Å². The van der Waals surface area contributed by atoms with E-state index in [4.69, 9.17) is 5.26 Å². The predicted octanol–water partition coefficient (Wildman–Crippen LogP) is 3.10. The summed E-state index contributed by atoms with van der Waals surface area (Å²) in [6.45, 7) is 1.82. The van der Waals surface area contributed by atoms with Gasteiger partial charge in [-0.1, -0.05) is 29.2 Å². The number of aromatic nitrogens is 2. The summed E-state index contributed by atoms with van der Waals surface area (Å²) in [6, 6.07) is 9.44. The fourth-order valence-electron chi connectivity index (χ4n) is 1.83. The summed E-state index contributed by atoms with van der Waals surface area (Å²) in [5.41, 5.74) is 1.14. The van der Waals surface area contributed by atoms with E-state index in [2.05, 4.69) is 26.9 Å². The number of hydrogen-bond donors (Lipinski definition) is 2. The van der Waals surface area contributed by atoms with E-state index >= 15 is 0 Å². The van der Waals surface area contributed by atoms with Gasteiger partial charge in [0, 0.05) is 11.7 Å². The number of nitrogens with one attached hydrogen (secondary N) is 2. The largest absolute Gasteiger partial charge is 0.357 e. The lowest BCUT2D eigenvalue weighted by Gasteiger charge is -2.10. The van der Waals surface area contributed by atoms with Crippen LogP contribution in [0.25, 0.3) is 0 Å². The van der Waals surface area contributed by atoms with Crippen LogP contribution >= 0.6 is 23.1 Å². The zero-order valence-corrected chi connectivity index (χ0v) is 14.1. The molecule has 1 aliphatic rings. The standard InChI is InChI=1S/C15H15N5OS2/c1-9(13(21)17-12-4-2-3-10(7-12)8-16)22-15-20-19-14(23-15)18-11-5-6-11/h2-4,7,9,11H,5-6H2,1H3,(H,17,21)(H,18,19)/t9-/m0/s1. The number of carbonyl (C=O) groups is 1. The van der Waals surface area contributed by atoms with Crippen molar-refractivity contribution in [2.75, 3.05) is 10.6 Å². The number of amides is 1. The molecule has 0 unspecified atom stereocenters. The highest BCUT2D eigenvalue weighted by atomic mass is 32.2. The second kappa shape index (κ2) is 6.98. The third kappa shape index (κ3) is 4.43. The van der Waals surface area contributed by atoms with Crippen LogP contribution < -0.4 is 10.6 Å². The quantitative estimate of drug-likeness (QED) is 0.782. The van der Waals surface area contributed by atoms with Gasteiger partial charge in [0.05, 0.1) is 16.9 Å². The molecule has 0 bridgehead atoms. The van der Waals surface area contributed by atoms with Gasteiger partial charge in [0.2, 0.25) is 11.0 Å². The molecule has 1 amide bonds. The minimum absolute atomic E-state index is 0.128. The molecule has 118 valence electrons. The molecule has 23 heavy (non-hydrogen) atoms. The molecule has 0 aliphatic heterocycles. The van der Waals surface area contributed by atoms with E-state index in [1.807, 2.05) is 6.92 Å². The van der Waals surface area contributed by atoms with Gasteiger partial charge in [-0.2, -0.15) is 5.26 Å². The summed E-state index contributed by atoms with van der Waals surface area (Å²) in [4.78, 5) is 12.2. The molecule has 1 aliphatic carbocycles. The number of carbonyl (C=O) groups excluding carboxylic acids is 1. The Morgan fingerprint density at radius 3 is 3.04 bits per heavy atom. The highest BCUT2D eigenvalue weighted by Crippen LogP contribution is 2.32. The predicted molar refractivity (Wildman–Crippen MR) is 91.7 cm³/mol. The maximum absolute atomic E-state index is 12.2. The molecule has 1 saturated carbocycles. The fourth-order valence-corrected chi connectivity index (χ4v) is 3.81. The van der Waals surface area contributed by atoms with Crippen LogP contribution in [0.1, 0.15) is 25.3 Å². The second-order valence-electron chi connectivity index (χ2n) is 5.23. The van der Waals surface area contributed by atoms with Gasteiger partial charge in [-0.15, -0.1) is 10.2 Å². The van der Waals surface area contributed by atoms with Crippen LogP contribution in [0.3, 0.4) is 0 Å². The molecular weight excluding hydrogens is 330 g/mol. The first-order valence-electron chi connectivity index (χ1n) is 7.22. The Hall–Kier alpha value is -2.11. The van der Waals surface area contributed by atoms with Crippen LogP contribution in [-0.2, 0) is 4.79 Å². The Morgan fingerprint density at radius 2 is 2.30 bits per heavy atom. The maximum atomic E-state index is 12.2. The van der Waals surface area contributed by atoms with Gasteiger partial charge in [-0.3, -0.25) is 4.79 Å². The minimum atomic E-state index is -0.303. The van der Waals surface area contributed by atoms with Crippen molar-refractivity contribution in [1.29, 1.82) is 5.26 Å². The first kappa shape index (κ1) is 15.8. The lowest BCUT2D eigenvalue weighted by molar-refractivity contribution is -0.115. The molecule has 0 spiro atoms. The van der Waals surface area contributed by atoms with Crippen LogP contribution in [0.5, 0.6) is 0 Å². The van der Waals surface area contributed by atoms with E-state index in [0.717, 1.165) is 9.47 Å². The van der Waals surface area contributed by atoms with Crippen LogP contribution in [0.4, 0.5) is 10.8 Å². The second-order valence-corrected chi connectivity index (χ2v) is 7.80.